The number of ether oxygens (including phenoxy) is 3. The normalized spacial score (nSPS) is 18.4. The van der Waals surface area contributed by atoms with Gasteiger partial charge in [0.25, 0.3) is 0 Å². The Kier molecular flexibility index (Phi) is 64.0. The quantitative estimate of drug-likeness (QED) is 0.0195. The molecule has 0 aliphatic carbocycles. The maximum atomic E-state index is 13.5. The summed E-state index contributed by atoms with van der Waals surface area (Å²) in [7, 11) is 0. The maximum absolute atomic E-state index is 13.5. The van der Waals surface area contributed by atoms with Crippen LogP contribution in [-0.4, -0.2) is 99.6 Å². The second kappa shape index (κ2) is 67.8. The van der Waals surface area contributed by atoms with E-state index in [2.05, 4.69) is 99.0 Å². The molecule has 6 N–H and O–H groups in total. The van der Waals surface area contributed by atoms with Crippen LogP contribution in [0.1, 0.15) is 355 Å². The van der Waals surface area contributed by atoms with Crippen molar-refractivity contribution in [2.45, 2.75) is 404 Å². The monoisotopic (exact) mass is 1290 g/mol. The van der Waals surface area contributed by atoms with E-state index in [4.69, 9.17) is 14.2 Å². The van der Waals surface area contributed by atoms with E-state index in [-0.39, 0.29) is 13.0 Å². The number of aliphatic hydroxyl groups is 5. The number of hydrogen-bond acceptors (Lipinski definition) is 10. The third-order valence-corrected chi connectivity index (χ3v) is 18.0. The Balaban J connectivity index is 2.52. The average molecular weight is 1290 g/mol. The lowest BCUT2D eigenvalue weighted by Gasteiger charge is -2.41. The van der Waals surface area contributed by atoms with Crippen LogP contribution in [0.4, 0.5) is 0 Å². The van der Waals surface area contributed by atoms with E-state index < -0.39 is 67.4 Å². The van der Waals surface area contributed by atoms with Gasteiger partial charge in [-0.2, -0.15) is 0 Å². The van der Waals surface area contributed by atoms with Gasteiger partial charge in [-0.15, -0.1) is 0 Å². The van der Waals surface area contributed by atoms with Gasteiger partial charge in [0.15, 0.2) is 12.4 Å². The molecule has 0 aromatic heterocycles. The van der Waals surface area contributed by atoms with E-state index in [0.717, 1.165) is 96.3 Å². The highest BCUT2D eigenvalue weighted by molar-refractivity contribution is 5.80. The van der Waals surface area contributed by atoms with Gasteiger partial charge >= 0.3 is 5.97 Å². The Bertz CT molecular complexity index is 1830. The Morgan fingerprint density at radius 3 is 1.14 bits per heavy atom. The van der Waals surface area contributed by atoms with Crippen LogP contribution in [0.15, 0.2) is 85.1 Å². The third-order valence-electron chi connectivity index (χ3n) is 18.0. The van der Waals surface area contributed by atoms with E-state index in [0.29, 0.717) is 19.3 Å². The van der Waals surface area contributed by atoms with Gasteiger partial charge in [-0.05, 0) is 103 Å². The van der Waals surface area contributed by atoms with Crippen LogP contribution in [0.5, 0.6) is 0 Å². The van der Waals surface area contributed by atoms with E-state index in [9.17, 15) is 35.1 Å². The van der Waals surface area contributed by atoms with Crippen LogP contribution >= 0.6 is 0 Å². The maximum Gasteiger partial charge on any atom is 0.306 e. The Hall–Kier alpha value is -3.16. The molecule has 8 atom stereocenters. The molecular formula is C81H145NO10. The van der Waals surface area contributed by atoms with Crippen LogP contribution in [-0.2, 0) is 23.8 Å². The van der Waals surface area contributed by atoms with Gasteiger partial charge in [0.1, 0.15) is 24.4 Å². The van der Waals surface area contributed by atoms with Crippen molar-refractivity contribution >= 4 is 11.9 Å². The van der Waals surface area contributed by atoms with E-state index >= 15 is 0 Å². The molecule has 11 heteroatoms. The lowest BCUT2D eigenvalue weighted by Crippen LogP contribution is -2.61. The zero-order chi connectivity index (χ0) is 66.7. The molecule has 1 heterocycles. The minimum atomic E-state index is -1.62. The fraction of sp³-hybridized carbons (Fsp3) is 0.802. The highest BCUT2D eigenvalue weighted by Gasteiger charge is 2.47. The molecule has 0 saturated carbocycles. The molecule has 1 rings (SSSR count). The summed E-state index contributed by atoms with van der Waals surface area (Å²) in [5.41, 5.74) is 0. The Morgan fingerprint density at radius 1 is 0.424 bits per heavy atom. The van der Waals surface area contributed by atoms with Crippen molar-refractivity contribution in [2.24, 2.45) is 0 Å². The molecule has 1 fully saturated rings. The highest BCUT2D eigenvalue weighted by Crippen LogP contribution is 2.26. The van der Waals surface area contributed by atoms with Crippen molar-refractivity contribution in [2.75, 3.05) is 13.2 Å². The molecule has 92 heavy (non-hydrogen) atoms. The number of unbranched alkanes of at least 4 members (excludes halogenated alkanes) is 41. The number of amides is 1. The smallest absolute Gasteiger partial charge is 0.306 e. The molecule has 0 spiro atoms. The fourth-order valence-corrected chi connectivity index (χ4v) is 11.9. The van der Waals surface area contributed by atoms with Gasteiger partial charge in [-0.1, -0.05) is 331 Å². The van der Waals surface area contributed by atoms with Crippen LogP contribution in [0.2, 0.25) is 0 Å². The summed E-state index contributed by atoms with van der Waals surface area (Å²) in [4.78, 5) is 26.8. The number of carbonyl (C=O) groups excluding carboxylic acids is 2. The lowest BCUT2D eigenvalue weighted by atomic mass is 9.99. The van der Waals surface area contributed by atoms with E-state index in [1.54, 1.807) is 6.08 Å². The summed E-state index contributed by atoms with van der Waals surface area (Å²) in [5.74, 6) is -1.19. The second-order valence-corrected chi connectivity index (χ2v) is 26.7. The molecule has 1 aliphatic heterocycles. The largest absolute Gasteiger partial charge is 0.454 e. The molecule has 11 nitrogen and oxygen atoms in total. The number of nitrogens with one attached hydrogen (secondary N) is 1. The number of aliphatic hydroxyl groups excluding tert-OH is 5. The molecule has 534 valence electrons. The van der Waals surface area contributed by atoms with Gasteiger partial charge < -0.3 is 45.1 Å². The number of allylic oxidation sites excluding steroid dienone is 13. The average Bonchev–Trinajstić information content (AvgIpc) is 0.875. The first kappa shape index (κ1) is 86.9. The van der Waals surface area contributed by atoms with E-state index in [1.165, 1.54) is 212 Å². The summed E-state index contributed by atoms with van der Waals surface area (Å²) in [6, 6.07) is -1.03. The van der Waals surface area contributed by atoms with Crippen LogP contribution in [0, 0.1) is 0 Å². The summed E-state index contributed by atoms with van der Waals surface area (Å²) in [5, 5.41) is 57.4. The standard InChI is InChI=1S/C81H145NO10/c1-4-7-10-13-16-19-22-25-27-29-31-33-35-37-39-40-42-44-46-48-50-53-56-59-62-65-68-74(85)80(89)82-72(73(84)67-64-61-58-55-52-24-21-18-15-12-9-6-3)71-90-81-79(78(88)77(87)75(70-83)91-81)92-76(86)69-66-63-60-57-54-51-49-47-45-43-41-38-36-34-32-30-28-26-23-20-17-14-11-8-5-2/h16-17,19-20,25-28,32,34,38,41,64,67,72-75,77-79,81,83-85,87-88H,4-15,18,21-24,29-31,33,35-37,39-40,42-63,65-66,68-71H2,1-3H3,(H,82,89)/b19-16-,20-17-,27-25-,28-26-,34-32-,41-38-,67-64+. The minimum Gasteiger partial charge on any atom is -0.454 e. The van der Waals surface area contributed by atoms with Crippen molar-refractivity contribution in [3.05, 3.63) is 85.1 Å². The topological polar surface area (TPSA) is 175 Å². The Labute approximate surface area is 565 Å². The molecule has 0 aromatic rings. The zero-order valence-electron chi connectivity index (χ0n) is 59.7. The highest BCUT2D eigenvalue weighted by atomic mass is 16.7. The van der Waals surface area contributed by atoms with Gasteiger partial charge in [-0.25, -0.2) is 0 Å². The fourth-order valence-electron chi connectivity index (χ4n) is 11.9. The van der Waals surface area contributed by atoms with Gasteiger partial charge in [-0.3, -0.25) is 9.59 Å². The van der Waals surface area contributed by atoms with Crippen molar-refractivity contribution in [1.82, 2.24) is 5.32 Å². The number of rotatable bonds is 67. The second-order valence-electron chi connectivity index (χ2n) is 26.7. The van der Waals surface area contributed by atoms with E-state index in [1.807, 2.05) is 6.08 Å². The molecule has 0 bridgehead atoms. The van der Waals surface area contributed by atoms with Gasteiger partial charge in [0.2, 0.25) is 5.91 Å². The van der Waals surface area contributed by atoms with Crippen LogP contribution in [0.25, 0.3) is 0 Å². The molecule has 0 aromatic carbocycles. The first-order chi connectivity index (χ1) is 45.2. The summed E-state index contributed by atoms with van der Waals surface area (Å²) >= 11 is 0. The first-order valence-corrected chi connectivity index (χ1v) is 38.9. The predicted molar refractivity (Wildman–Crippen MR) is 389 cm³/mol. The van der Waals surface area contributed by atoms with Crippen molar-refractivity contribution < 1.29 is 49.3 Å². The number of esters is 1. The van der Waals surface area contributed by atoms with Crippen LogP contribution < -0.4 is 5.32 Å². The summed E-state index contributed by atoms with van der Waals surface area (Å²) < 4.78 is 17.7. The van der Waals surface area contributed by atoms with Gasteiger partial charge in [0, 0.05) is 6.42 Å². The lowest BCUT2D eigenvalue weighted by molar-refractivity contribution is -0.305. The molecule has 1 amide bonds. The van der Waals surface area contributed by atoms with Crippen LogP contribution in [0.3, 0.4) is 0 Å². The molecule has 1 saturated heterocycles. The van der Waals surface area contributed by atoms with Crippen molar-refractivity contribution in [3.63, 3.8) is 0 Å². The van der Waals surface area contributed by atoms with Crippen molar-refractivity contribution in [3.8, 4) is 0 Å². The SMILES string of the molecule is CCCCC/C=C\C/C=C\C/C=C\C/C=C\CCCCCCCCCCCC(=O)OC1C(OCC(NC(=O)C(O)CCCCCCCCCCCCCCCCCC/C=C\C/C=C\CCCCC)C(O)/C=C/CCCCCCCCCCCC)OC(CO)C(O)C1O. The molecule has 1 aliphatic rings. The van der Waals surface area contributed by atoms with Gasteiger partial charge in [0.05, 0.1) is 25.4 Å². The number of hydrogen-bond donors (Lipinski definition) is 6. The first-order valence-electron chi connectivity index (χ1n) is 38.9. The minimum absolute atomic E-state index is 0.115. The molecule has 0 radical (unpaired) electrons. The molecular weight excluding hydrogens is 1150 g/mol. The molecule has 8 unspecified atom stereocenters. The predicted octanol–water partition coefficient (Wildman–Crippen LogP) is 20.8. The van der Waals surface area contributed by atoms with Crippen molar-refractivity contribution in [1.29, 1.82) is 0 Å². The summed E-state index contributed by atoms with van der Waals surface area (Å²) in [6.45, 7) is 5.78. The third kappa shape index (κ3) is 54.0. The zero-order valence-corrected chi connectivity index (χ0v) is 59.7. The summed E-state index contributed by atoms with van der Waals surface area (Å²) in [6.07, 6.45) is 80.5. The number of carbonyl (C=O) groups is 2. The Morgan fingerprint density at radius 2 is 0.750 bits per heavy atom.